The van der Waals surface area contributed by atoms with E-state index in [0.717, 1.165) is 45.4 Å². The monoisotopic (exact) mass is 234 g/mol. The maximum Gasteiger partial charge on any atom is 0.410 e. The summed E-state index contributed by atoms with van der Waals surface area (Å²) in [6.07, 6.45) is 2.98. The summed E-state index contributed by atoms with van der Waals surface area (Å²) in [7, 11) is 0. The van der Waals surface area contributed by atoms with Gasteiger partial charge >= 0.3 is 6.09 Å². The molecule has 4 nitrogen and oxygen atoms in total. The van der Waals surface area contributed by atoms with Crippen LogP contribution in [0.5, 0.6) is 0 Å². The fourth-order valence-corrected chi connectivity index (χ4v) is 2.30. The van der Waals surface area contributed by atoms with Crippen molar-refractivity contribution < 1.29 is 9.53 Å². The number of nitrogens with one attached hydrogen (secondary N) is 1. The molecule has 2 aliphatic rings. The van der Waals surface area contributed by atoms with E-state index >= 15 is 0 Å². The van der Waals surface area contributed by atoms with Gasteiger partial charge in [0.2, 0.25) is 0 Å². The number of carbonyl (C=O) groups excluding carboxylic acids is 1. The van der Waals surface area contributed by atoms with Crippen LogP contribution in [-0.4, -0.2) is 42.8 Å². The van der Waals surface area contributed by atoms with Crippen LogP contribution in [0.3, 0.4) is 0 Å². The number of piperidine rings is 1. The third-order valence-corrected chi connectivity index (χ3v) is 2.97. The molecule has 1 atom stereocenters. The van der Waals surface area contributed by atoms with Gasteiger partial charge in [-0.25, -0.2) is 4.79 Å². The van der Waals surface area contributed by atoms with Crippen LogP contribution < -0.4 is 5.32 Å². The molecule has 1 spiro atoms. The fourth-order valence-electron chi connectivity index (χ4n) is 2.30. The number of hydrogen-bond donors (Lipinski definition) is 1. The van der Waals surface area contributed by atoms with Gasteiger partial charge in [-0.2, -0.15) is 0 Å². The molecule has 0 bridgehead atoms. The van der Waals surface area contributed by atoms with E-state index < -0.39 is 0 Å². The first-order valence-corrected chi connectivity index (χ1v) is 5.44. The first-order valence-electron chi connectivity index (χ1n) is 5.44. The van der Waals surface area contributed by atoms with Crippen LogP contribution in [0.2, 0.25) is 0 Å². The highest BCUT2D eigenvalue weighted by atomic mass is 35.5. The molecule has 0 aromatic carbocycles. The van der Waals surface area contributed by atoms with Crippen LogP contribution in [0.15, 0.2) is 0 Å². The smallest absolute Gasteiger partial charge is 0.410 e. The van der Waals surface area contributed by atoms with Crippen molar-refractivity contribution in [2.75, 3.05) is 26.2 Å². The summed E-state index contributed by atoms with van der Waals surface area (Å²) in [5.41, 5.74) is -0.218. The van der Waals surface area contributed by atoms with Crippen LogP contribution in [0, 0.1) is 0 Å². The lowest BCUT2D eigenvalue weighted by atomic mass is 9.94. The minimum Gasteiger partial charge on any atom is -0.440 e. The molecule has 1 unspecified atom stereocenters. The molecule has 1 N–H and O–H groups in total. The molecule has 0 aromatic heterocycles. The van der Waals surface area contributed by atoms with Gasteiger partial charge in [-0.05, 0) is 25.8 Å². The topological polar surface area (TPSA) is 41.6 Å². The van der Waals surface area contributed by atoms with Gasteiger partial charge < -0.3 is 15.0 Å². The van der Waals surface area contributed by atoms with E-state index in [-0.39, 0.29) is 24.1 Å². The number of ether oxygens (including phenoxy) is 1. The van der Waals surface area contributed by atoms with E-state index in [0.29, 0.717) is 0 Å². The van der Waals surface area contributed by atoms with E-state index in [4.69, 9.17) is 4.74 Å². The predicted octanol–water partition coefficient (Wildman–Crippen LogP) is 1.39. The van der Waals surface area contributed by atoms with Crippen LogP contribution >= 0.6 is 12.4 Å². The summed E-state index contributed by atoms with van der Waals surface area (Å²) in [6, 6.07) is 0. The van der Waals surface area contributed by atoms with Crippen molar-refractivity contribution in [1.29, 1.82) is 0 Å². The van der Waals surface area contributed by atoms with Crippen LogP contribution in [0.25, 0.3) is 0 Å². The molecule has 2 rings (SSSR count). The number of amides is 1. The molecule has 1 amide bonds. The Morgan fingerprint density at radius 1 is 1.60 bits per heavy atom. The predicted molar refractivity (Wildman–Crippen MR) is 60.4 cm³/mol. The fraction of sp³-hybridized carbons (Fsp3) is 0.900. The van der Waals surface area contributed by atoms with Gasteiger partial charge in [-0.15, -0.1) is 12.4 Å². The number of nitrogens with zero attached hydrogens (tertiary/aromatic N) is 1. The zero-order valence-corrected chi connectivity index (χ0v) is 9.94. The Balaban J connectivity index is 0.00000112. The average molecular weight is 235 g/mol. The minimum absolute atomic E-state index is 0. The Hall–Kier alpha value is -0.480. The Labute approximate surface area is 96.7 Å². The number of rotatable bonds is 2. The van der Waals surface area contributed by atoms with Crippen LogP contribution in [0.4, 0.5) is 4.79 Å². The van der Waals surface area contributed by atoms with E-state index in [9.17, 15) is 4.79 Å². The number of halogens is 1. The van der Waals surface area contributed by atoms with Crippen LogP contribution in [0.1, 0.15) is 26.2 Å². The Morgan fingerprint density at radius 3 is 3.00 bits per heavy atom. The highest BCUT2D eigenvalue weighted by Gasteiger charge is 2.45. The van der Waals surface area contributed by atoms with Crippen molar-refractivity contribution in [2.45, 2.75) is 31.8 Å². The zero-order chi connectivity index (χ0) is 10.0. The summed E-state index contributed by atoms with van der Waals surface area (Å²) < 4.78 is 5.48. The Kier molecular flexibility index (Phi) is 4.22. The van der Waals surface area contributed by atoms with Crippen molar-refractivity contribution >= 4 is 18.5 Å². The molecular weight excluding hydrogens is 216 g/mol. The molecule has 2 fully saturated rings. The second-order valence-corrected chi connectivity index (χ2v) is 4.25. The first kappa shape index (κ1) is 12.6. The quantitative estimate of drug-likeness (QED) is 0.785. The first-order chi connectivity index (χ1) is 6.76. The third-order valence-electron chi connectivity index (χ3n) is 2.97. The van der Waals surface area contributed by atoms with E-state index in [2.05, 4.69) is 12.2 Å². The lowest BCUT2D eigenvalue weighted by molar-refractivity contribution is 0.0366. The third kappa shape index (κ3) is 2.55. The molecule has 2 saturated heterocycles. The number of hydrogen-bond acceptors (Lipinski definition) is 3. The lowest BCUT2D eigenvalue weighted by Gasteiger charge is -2.31. The molecule has 0 radical (unpaired) electrons. The van der Waals surface area contributed by atoms with Gasteiger partial charge in [0.25, 0.3) is 0 Å². The second kappa shape index (κ2) is 5.03. The molecule has 0 aromatic rings. The van der Waals surface area contributed by atoms with Gasteiger partial charge in [-0.1, -0.05) is 6.92 Å². The van der Waals surface area contributed by atoms with Crippen molar-refractivity contribution in [3.63, 3.8) is 0 Å². The van der Waals surface area contributed by atoms with E-state index in [1.54, 1.807) is 0 Å². The maximum atomic E-state index is 11.5. The summed E-state index contributed by atoms with van der Waals surface area (Å²) >= 11 is 0. The highest BCUT2D eigenvalue weighted by molar-refractivity contribution is 5.85. The molecule has 0 aliphatic carbocycles. The highest BCUT2D eigenvalue weighted by Crippen LogP contribution is 2.28. The van der Waals surface area contributed by atoms with Crippen LogP contribution in [-0.2, 0) is 4.74 Å². The van der Waals surface area contributed by atoms with Gasteiger partial charge in [0, 0.05) is 13.1 Å². The average Bonchev–Trinajstić information content (AvgIpc) is 2.45. The second-order valence-electron chi connectivity index (χ2n) is 4.25. The molecular formula is C10H19ClN2O2. The number of carbonyl (C=O) groups is 1. The zero-order valence-electron chi connectivity index (χ0n) is 9.12. The molecule has 15 heavy (non-hydrogen) atoms. The summed E-state index contributed by atoms with van der Waals surface area (Å²) in [6.45, 7) is 5.54. The summed E-state index contributed by atoms with van der Waals surface area (Å²) in [4.78, 5) is 13.3. The van der Waals surface area contributed by atoms with Gasteiger partial charge in [0.05, 0.1) is 6.54 Å². The molecule has 0 saturated carbocycles. The van der Waals surface area contributed by atoms with Crippen molar-refractivity contribution in [1.82, 2.24) is 10.2 Å². The standard InChI is InChI=1S/C10H18N2O2.ClH/c1-2-6-12-8-10(14-9(12)13)4-3-5-11-7-10;/h11H,2-8H2,1H3;1H. The van der Waals surface area contributed by atoms with E-state index in [1.165, 1.54) is 0 Å². The molecule has 2 heterocycles. The summed E-state index contributed by atoms with van der Waals surface area (Å²) in [5.74, 6) is 0. The van der Waals surface area contributed by atoms with Crippen molar-refractivity contribution in [3.05, 3.63) is 0 Å². The maximum absolute atomic E-state index is 11.5. The largest absolute Gasteiger partial charge is 0.440 e. The lowest BCUT2D eigenvalue weighted by Crippen LogP contribution is -2.48. The van der Waals surface area contributed by atoms with Crippen molar-refractivity contribution in [2.24, 2.45) is 0 Å². The molecule has 5 heteroatoms. The van der Waals surface area contributed by atoms with Gasteiger partial charge in [-0.3, -0.25) is 0 Å². The molecule has 88 valence electrons. The Bertz CT molecular complexity index is 229. The van der Waals surface area contributed by atoms with E-state index in [1.807, 2.05) is 4.90 Å². The Morgan fingerprint density at radius 2 is 2.40 bits per heavy atom. The van der Waals surface area contributed by atoms with Crippen molar-refractivity contribution in [3.8, 4) is 0 Å². The SMILES string of the molecule is CCCN1CC2(CCCNC2)OC1=O.Cl. The molecule has 2 aliphatic heterocycles. The summed E-state index contributed by atoms with van der Waals surface area (Å²) in [5, 5.41) is 3.30. The normalized spacial score (nSPS) is 30.2. The minimum atomic E-state index is -0.218. The van der Waals surface area contributed by atoms with Gasteiger partial charge in [0.1, 0.15) is 5.60 Å². The van der Waals surface area contributed by atoms with Gasteiger partial charge in [0.15, 0.2) is 0 Å².